The van der Waals surface area contributed by atoms with Crippen molar-refractivity contribution in [3.63, 3.8) is 0 Å². The Bertz CT molecular complexity index is 742. The largest absolute Gasteiger partial charge is 0.416 e. The fourth-order valence-electron chi connectivity index (χ4n) is 2.66. The maximum atomic E-state index is 13.0. The zero-order valence-corrected chi connectivity index (χ0v) is 12.9. The standard InChI is InChI=1S/C16H16F3N3O2/c1-9-6-10(24-22-9)8-20-15(23)21-14-7-12(14)11-4-2-3-5-13(11)16(17,18)19/h2-6,12,14H,7-8H2,1H3,(H2,20,21,23)/t12-,14-/m0/s1. The van der Waals surface area contributed by atoms with Gasteiger partial charge >= 0.3 is 12.2 Å². The average Bonchev–Trinajstić information content (AvgIpc) is 3.15. The molecule has 0 bridgehead atoms. The third-order valence-electron chi connectivity index (χ3n) is 3.87. The Labute approximate surface area is 136 Å². The van der Waals surface area contributed by atoms with E-state index in [1.54, 1.807) is 19.1 Å². The lowest BCUT2D eigenvalue weighted by molar-refractivity contribution is -0.138. The summed E-state index contributed by atoms with van der Waals surface area (Å²) in [5, 5.41) is 8.97. The number of hydrogen-bond donors (Lipinski definition) is 2. The van der Waals surface area contributed by atoms with Gasteiger partial charge in [0.25, 0.3) is 0 Å². The van der Waals surface area contributed by atoms with E-state index < -0.39 is 17.8 Å². The first-order valence-corrected chi connectivity index (χ1v) is 7.47. The number of hydrogen-bond acceptors (Lipinski definition) is 3. The molecule has 1 saturated carbocycles. The molecule has 1 aromatic heterocycles. The van der Waals surface area contributed by atoms with Crippen LogP contribution in [0.2, 0.25) is 0 Å². The number of halogens is 3. The van der Waals surface area contributed by atoms with Crippen LogP contribution in [0.15, 0.2) is 34.9 Å². The van der Waals surface area contributed by atoms with Crippen LogP contribution in [0, 0.1) is 6.92 Å². The van der Waals surface area contributed by atoms with Crippen molar-refractivity contribution in [3.05, 3.63) is 52.9 Å². The molecule has 8 heteroatoms. The molecule has 24 heavy (non-hydrogen) atoms. The van der Waals surface area contributed by atoms with Crippen molar-refractivity contribution in [3.8, 4) is 0 Å². The molecule has 2 N–H and O–H groups in total. The molecule has 1 aromatic carbocycles. The van der Waals surface area contributed by atoms with Crippen molar-refractivity contribution < 1.29 is 22.5 Å². The number of carbonyl (C=O) groups is 1. The molecule has 2 aromatic rings. The van der Waals surface area contributed by atoms with Crippen LogP contribution in [-0.4, -0.2) is 17.2 Å². The number of aromatic nitrogens is 1. The first-order chi connectivity index (χ1) is 11.3. The molecule has 1 aliphatic rings. The van der Waals surface area contributed by atoms with Crippen molar-refractivity contribution in [1.82, 2.24) is 15.8 Å². The van der Waals surface area contributed by atoms with Gasteiger partial charge < -0.3 is 15.2 Å². The molecular formula is C16H16F3N3O2. The van der Waals surface area contributed by atoms with Crippen LogP contribution in [0.25, 0.3) is 0 Å². The van der Waals surface area contributed by atoms with E-state index in [0.29, 0.717) is 17.9 Å². The number of rotatable bonds is 4. The lowest BCUT2D eigenvalue weighted by Crippen LogP contribution is -2.36. The highest BCUT2D eigenvalue weighted by Crippen LogP contribution is 2.46. The van der Waals surface area contributed by atoms with Gasteiger partial charge in [0.1, 0.15) is 0 Å². The molecule has 128 valence electrons. The van der Waals surface area contributed by atoms with Crippen molar-refractivity contribution in [2.75, 3.05) is 0 Å². The fraction of sp³-hybridized carbons (Fsp3) is 0.375. The molecule has 0 saturated heterocycles. The molecule has 2 atom stereocenters. The van der Waals surface area contributed by atoms with E-state index in [0.717, 1.165) is 6.07 Å². The molecule has 0 aliphatic heterocycles. The quantitative estimate of drug-likeness (QED) is 0.898. The minimum atomic E-state index is -4.39. The first kappa shape index (κ1) is 16.4. The van der Waals surface area contributed by atoms with Crippen LogP contribution in [0.4, 0.5) is 18.0 Å². The third-order valence-corrected chi connectivity index (χ3v) is 3.87. The van der Waals surface area contributed by atoms with Crippen molar-refractivity contribution >= 4 is 6.03 Å². The molecule has 1 heterocycles. The number of nitrogens with one attached hydrogen (secondary N) is 2. The maximum absolute atomic E-state index is 13.0. The van der Waals surface area contributed by atoms with Gasteiger partial charge in [-0.15, -0.1) is 0 Å². The van der Waals surface area contributed by atoms with Gasteiger partial charge in [-0.25, -0.2) is 4.79 Å². The molecule has 3 rings (SSSR count). The third kappa shape index (κ3) is 3.69. The Morgan fingerprint density at radius 2 is 2.12 bits per heavy atom. The van der Waals surface area contributed by atoms with Crippen LogP contribution < -0.4 is 10.6 Å². The van der Waals surface area contributed by atoms with E-state index in [4.69, 9.17) is 4.52 Å². The number of nitrogens with zero attached hydrogens (tertiary/aromatic N) is 1. The van der Waals surface area contributed by atoms with E-state index in [9.17, 15) is 18.0 Å². The Morgan fingerprint density at radius 1 is 1.38 bits per heavy atom. The van der Waals surface area contributed by atoms with Crippen molar-refractivity contribution in [2.24, 2.45) is 0 Å². The van der Waals surface area contributed by atoms with Gasteiger partial charge in [-0.3, -0.25) is 0 Å². The highest BCUT2D eigenvalue weighted by molar-refractivity contribution is 5.74. The van der Waals surface area contributed by atoms with Crippen LogP contribution in [0.1, 0.15) is 34.9 Å². The summed E-state index contributed by atoms with van der Waals surface area (Å²) < 4.78 is 44.0. The Balaban J connectivity index is 1.55. The number of carbonyl (C=O) groups excluding carboxylic acids is 1. The molecular weight excluding hydrogens is 323 g/mol. The van der Waals surface area contributed by atoms with E-state index in [1.807, 2.05) is 0 Å². The molecule has 1 aliphatic carbocycles. The summed E-state index contributed by atoms with van der Waals surface area (Å²) in [4.78, 5) is 11.8. The molecule has 1 fully saturated rings. The SMILES string of the molecule is Cc1cc(CNC(=O)N[C@H]2C[C@H]2c2ccccc2C(F)(F)F)on1. The van der Waals surface area contributed by atoms with Gasteiger partial charge in [-0.1, -0.05) is 23.4 Å². The molecule has 0 spiro atoms. The second-order valence-corrected chi connectivity index (χ2v) is 5.80. The normalized spacial score (nSPS) is 19.8. The van der Waals surface area contributed by atoms with E-state index >= 15 is 0 Å². The number of amides is 2. The topological polar surface area (TPSA) is 67.2 Å². The van der Waals surface area contributed by atoms with Crippen molar-refractivity contribution in [1.29, 1.82) is 0 Å². The number of aryl methyl sites for hydroxylation is 1. The Kier molecular flexibility index (Phi) is 4.21. The average molecular weight is 339 g/mol. The zero-order chi connectivity index (χ0) is 17.3. The monoisotopic (exact) mass is 339 g/mol. The summed E-state index contributed by atoms with van der Waals surface area (Å²) >= 11 is 0. The first-order valence-electron chi connectivity index (χ1n) is 7.47. The van der Waals surface area contributed by atoms with Gasteiger partial charge in [-0.05, 0) is 25.0 Å². The van der Waals surface area contributed by atoms with E-state index in [2.05, 4.69) is 15.8 Å². The second kappa shape index (κ2) is 6.18. The minimum Gasteiger partial charge on any atom is -0.359 e. The highest BCUT2D eigenvalue weighted by atomic mass is 19.4. The smallest absolute Gasteiger partial charge is 0.359 e. The van der Waals surface area contributed by atoms with Crippen LogP contribution >= 0.6 is 0 Å². The molecule has 2 amide bonds. The van der Waals surface area contributed by atoms with Crippen LogP contribution in [0.3, 0.4) is 0 Å². The van der Waals surface area contributed by atoms with Crippen LogP contribution in [0.5, 0.6) is 0 Å². The summed E-state index contributed by atoms with van der Waals surface area (Å²) in [5.41, 5.74) is 0.288. The fourth-order valence-corrected chi connectivity index (χ4v) is 2.66. The van der Waals surface area contributed by atoms with Gasteiger partial charge in [0.05, 0.1) is 17.8 Å². The van der Waals surface area contributed by atoms with Gasteiger partial charge in [0.15, 0.2) is 5.76 Å². The number of benzene rings is 1. The predicted molar refractivity (Wildman–Crippen MR) is 79.2 cm³/mol. The van der Waals surface area contributed by atoms with Gasteiger partial charge in [0.2, 0.25) is 0 Å². The summed E-state index contributed by atoms with van der Waals surface area (Å²) in [6, 6.07) is 6.42. The lowest BCUT2D eigenvalue weighted by Gasteiger charge is -2.12. The highest BCUT2D eigenvalue weighted by Gasteiger charge is 2.44. The number of alkyl halides is 3. The minimum absolute atomic E-state index is 0.170. The van der Waals surface area contributed by atoms with Gasteiger partial charge in [0, 0.05) is 18.0 Å². The number of urea groups is 1. The van der Waals surface area contributed by atoms with Crippen LogP contribution in [-0.2, 0) is 12.7 Å². The molecule has 5 nitrogen and oxygen atoms in total. The maximum Gasteiger partial charge on any atom is 0.416 e. The summed E-state index contributed by atoms with van der Waals surface area (Å²) in [6.45, 7) is 1.93. The van der Waals surface area contributed by atoms with E-state index in [1.165, 1.54) is 12.1 Å². The zero-order valence-electron chi connectivity index (χ0n) is 12.9. The Morgan fingerprint density at radius 3 is 2.79 bits per heavy atom. The molecule has 0 radical (unpaired) electrons. The molecule has 0 unspecified atom stereocenters. The summed E-state index contributed by atoms with van der Waals surface area (Å²) in [6.07, 6.45) is -3.90. The lowest BCUT2D eigenvalue weighted by atomic mass is 10.0. The Hall–Kier alpha value is -2.51. The van der Waals surface area contributed by atoms with E-state index in [-0.39, 0.29) is 24.1 Å². The predicted octanol–water partition coefficient (Wildman–Crippen LogP) is 3.36. The summed E-state index contributed by atoms with van der Waals surface area (Å²) in [5.74, 6) is 0.193. The second-order valence-electron chi connectivity index (χ2n) is 5.80. The van der Waals surface area contributed by atoms with Gasteiger partial charge in [-0.2, -0.15) is 13.2 Å². The summed E-state index contributed by atoms with van der Waals surface area (Å²) in [7, 11) is 0. The van der Waals surface area contributed by atoms with Crippen molar-refractivity contribution in [2.45, 2.75) is 38.0 Å².